The molecule has 0 unspecified atom stereocenters. The maximum atomic E-state index is 12.1. The van der Waals surface area contributed by atoms with Crippen LogP contribution < -0.4 is 5.32 Å². The minimum absolute atomic E-state index is 0.0414. The van der Waals surface area contributed by atoms with E-state index in [-0.39, 0.29) is 18.6 Å². The Bertz CT molecular complexity index is 434. The van der Waals surface area contributed by atoms with Crippen LogP contribution in [0, 0.1) is 5.92 Å². The van der Waals surface area contributed by atoms with Crippen LogP contribution in [-0.2, 0) is 0 Å². The largest absolute Gasteiger partial charge is 0.396 e. The van der Waals surface area contributed by atoms with E-state index in [1.54, 1.807) is 6.20 Å². The van der Waals surface area contributed by atoms with Crippen LogP contribution in [0.4, 0.5) is 0 Å². The van der Waals surface area contributed by atoms with Crippen molar-refractivity contribution in [2.45, 2.75) is 51.5 Å². The molecule has 1 aromatic rings. The Morgan fingerprint density at radius 3 is 2.55 bits per heavy atom. The van der Waals surface area contributed by atoms with Gasteiger partial charge in [-0.3, -0.25) is 9.78 Å². The van der Waals surface area contributed by atoms with Crippen molar-refractivity contribution in [3.05, 3.63) is 29.6 Å². The summed E-state index contributed by atoms with van der Waals surface area (Å²) in [6.07, 6.45) is 5.55. The summed E-state index contributed by atoms with van der Waals surface area (Å²) < 4.78 is 0. The van der Waals surface area contributed by atoms with Gasteiger partial charge in [0.25, 0.3) is 5.91 Å². The van der Waals surface area contributed by atoms with Gasteiger partial charge in [0.1, 0.15) is 0 Å². The lowest BCUT2D eigenvalue weighted by molar-refractivity contribution is 0.0913. The maximum Gasteiger partial charge on any atom is 0.253 e. The number of amides is 1. The Labute approximate surface area is 120 Å². The number of nitrogens with zero attached hydrogens (tertiary/aromatic N) is 1. The summed E-state index contributed by atoms with van der Waals surface area (Å²) in [6, 6.07) is 3.99. The molecular formula is C16H24N2O2. The van der Waals surface area contributed by atoms with E-state index in [1.165, 1.54) is 0 Å². The van der Waals surface area contributed by atoms with E-state index in [1.807, 2.05) is 12.1 Å². The predicted molar refractivity (Wildman–Crippen MR) is 78.6 cm³/mol. The van der Waals surface area contributed by atoms with Gasteiger partial charge in [0.2, 0.25) is 0 Å². The number of aliphatic hydroxyl groups excluding tert-OH is 1. The Kier molecular flexibility index (Phi) is 5.12. The lowest BCUT2D eigenvalue weighted by Gasteiger charge is -2.27. The number of carbonyl (C=O) groups excluding carboxylic acids is 1. The van der Waals surface area contributed by atoms with E-state index in [0.717, 1.165) is 31.4 Å². The molecule has 0 aliphatic heterocycles. The second-order valence-electron chi connectivity index (χ2n) is 6.00. The molecule has 2 N–H and O–H groups in total. The molecule has 1 aliphatic rings. The average molecular weight is 276 g/mol. The van der Waals surface area contributed by atoms with E-state index in [2.05, 4.69) is 24.1 Å². The molecule has 0 atom stereocenters. The van der Waals surface area contributed by atoms with Gasteiger partial charge in [0.05, 0.1) is 5.56 Å². The highest BCUT2D eigenvalue weighted by atomic mass is 16.3. The summed E-state index contributed by atoms with van der Waals surface area (Å²) >= 11 is 0. The van der Waals surface area contributed by atoms with Crippen LogP contribution in [-0.4, -0.2) is 28.6 Å². The zero-order valence-electron chi connectivity index (χ0n) is 12.3. The molecule has 0 radical (unpaired) electrons. The molecular weight excluding hydrogens is 252 g/mol. The zero-order chi connectivity index (χ0) is 14.5. The lowest BCUT2D eigenvalue weighted by atomic mass is 9.86. The van der Waals surface area contributed by atoms with Crippen molar-refractivity contribution in [1.29, 1.82) is 0 Å². The highest BCUT2D eigenvalue weighted by Crippen LogP contribution is 2.23. The number of hydrogen-bond acceptors (Lipinski definition) is 3. The van der Waals surface area contributed by atoms with Gasteiger partial charge in [-0.05, 0) is 49.7 Å². The molecule has 1 aromatic heterocycles. The molecule has 1 aliphatic carbocycles. The van der Waals surface area contributed by atoms with Crippen LogP contribution in [0.25, 0.3) is 0 Å². The molecule has 1 amide bonds. The molecule has 1 saturated carbocycles. The smallest absolute Gasteiger partial charge is 0.253 e. The number of aliphatic hydroxyl groups is 1. The summed E-state index contributed by atoms with van der Waals surface area (Å²) in [5, 5.41) is 12.2. The highest BCUT2D eigenvalue weighted by Gasteiger charge is 2.22. The van der Waals surface area contributed by atoms with Crippen molar-refractivity contribution in [2.75, 3.05) is 6.61 Å². The Balaban J connectivity index is 1.88. The van der Waals surface area contributed by atoms with Crippen molar-refractivity contribution in [1.82, 2.24) is 10.3 Å². The molecule has 1 fully saturated rings. The maximum absolute atomic E-state index is 12.1. The van der Waals surface area contributed by atoms with Gasteiger partial charge >= 0.3 is 0 Å². The fourth-order valence-electron chi connectivity index (χ4n) is 2.64. The minimum Gasteiger partial charge on any atom is -0.396 e. The van der Waals surface area contributed by atoms with Crippen molar-refractivity contribution in [3.63, 3.8) is 0 Å². The Morgan fingerprint density at radius 1 is 1.35 bits per heavy atom. The predicted octanol–water partition coefficient (Wildman–Crippen LogP) is 2.49. The van der Waals surface area contributed by atoms with Crippen molar-refractivity contribution < 1.29 is 9.90 Å². The topological polar surface area (TPSA) is 62.2 Å². The molecule has 4 nitrogen and oxygen atoms in total. The first-order chi connectivity index (χ1) is 9.60. The lowest BCUT2D eigenvalue weighted by Crippen LogP contribution is -2.38. The average Bonchev–Trinajstić information content (AvgIpc) is 2.48. The molecule has 0 spiro atoms. The number of nitrogens with one attached hydrogen (secondary N) is 1. The first kappa shape index (κ1) is 15.0. The van der Waals surface area contributed by atoms with E-state index < -0.39 is 0 Å². The fraction of sp³-hybridized carbons (Fsp3) is 0.625. The molecule has 1 heterocycles. The minimum atomic E-state index is -0.0414. The van der Waals surface area contributed by atoms with Gasteiger partial charge in [-0.25, -0.2) is 0 Å². The van der Waals surface area contributed by atoms with Crippen molar-refractivity contribution in [2.24, 2.45) is 5.92 Å². The molecule has 2 rings (SSSR count). The molecule has 110 valence electrons. The van der Waals surface area contributed by atoms with E-state index in [4.69, 9.17) is 5.11 Å². The van der Waals surface area contributed by atoms with E-state index >= 15 is 0 Å². The fourth-order valence-corrected chi connectivity index (χ4v) is 2.64. The third-order valence-electron chi connectivity index (χ3n) is 4.08. The van der Waals surface area contributed by atoms with Gasteiger partial charge in [-0.1, -0.05) is 13.8 Å². The van der Waals surface area contributed by atoms with Crippen LogP contribution in [0.1, 0.15) is 61.5 Å². The molecule has 4 heteroatoms. The number of pyridine rings is 1. The van der Waals surface area contributed by atoms with Gasteiger partial charge in [-0.2, -0.15) is 0 Å². The third kappa shape index (κ3) is 3.79. The van der Waals surface area contributed by atoms with Crippen LogP contribution >= 0.6 is 0 Å². The van der Waals surface area contributed by atoms with Crippen LogP contribution in [0.15, 0.2) is 18.3 Å². The first-order valence-corrected chi connectivity index (χ1v) is 7.47. The summed E-state index contributed by atoms with van der Waals surface area (Å²) in [5.74, 6) is 0.747. The number of rotatable bonds is 4. The summed E-state index contributed by atoms with van der Waals surface area (Å²) in [5.41, 5.74) is 1.63. The Morgan fingerprint density at radius 2 is 2.05 bits per heavy atom. The summed E-state index contributed by atoms with van der Waals surface area (Å²) in [6.45, 7) is 4.44. The number of aromatic nitrogens is 1. The number of carbonyl (C=O) groups is 1. The molecule has 0 saturated heterocycles. The quantitative estimate of drug-likeness (QED) is 0.888. The molecule has 0 bridgehead atoms. The first-order valence-electron chi connectivity index (χ1n) is 7.47. The summed E-state index contributed by atoms with van der Waals surface area (Å²) in [7, 11) is 0. The van der Waals surface area contributed by atoms with Crippen molar-refractivity contribution >= 4 is 5.91 Å². The second kappa shape index (κ2) is 6.84. The standard InChI is InChI=1S/C16H24N2O2/c1-11(2)15-8-5-13(9-17-15)16(20)18-14-6-3-12(10-19)4-7-14/h5,8-9,11-12,14,19H,3-4,6-7,10H2,1-2H3,(H,18,20). The monoisotopic (exact) mass is 276 g/mol. The highest BCUT2D eigenvalue weighted by molar-refractivity contribution is 5.94. The van der Waals surface area contributed by atoms with Gasteiger partial charge in [0.15, 0.2) is 0 Å². The number of hydrogen-bond donors (Lipinski definition) is 2. The van der Waals surface area contributed by atoms with Gasteiger partial charge < -0.3 is 10.4 Å². The van der Waals surface area contributed by atoms with Crippen molar-refractivity contribution in [3.8, 4) is 0 Å². The second-order valence-corrected chi connectivity index (χ2v) is 6.00. The molecule has 0 aromatic carbocycles. The van der Waals surface area contributed by atoms with Gasteiger partial charge in [0, 0.05) is 24.5 Å². The van der Waals surface area contributed by atoms with Crippen LogP contribution in [0.5, 0.6) is 0 Å². The zero-order valence-corrected chi connectivity index (χ0v) is 12.3. The van der Waals surface area contributed by atoms with E-state index in [9.17, 15) is 4.79 Å². The van der Waals surface area contributed by atoms with Crippen LogP contribution in [0.2, 0.25) is 0 Å². The molecule has 20 heavy (non-hydrogen) atoms. The summed E-state index contributed by atoms with van der Waals surface area (Å²) in [4.78, 5) is 16.5. The van der Waals surface area contributed by atoms with Crippen LogP contribution in [0.3, 0.4) is 0 Å². The SMILES string of the molecule is CC(C)c1ccc(C(=O)NC2CCC(CO)CC2)cn1. The van der Waals surface area contributed by atoms with Gasteiger partial charge in [-0.15, -0.1) is 0 Å². The Hall–Kier alpha value is -1.42. The van der Waals surface area contributed by atoms with E-state index in [0.29, 0.717) is 17.4 Å². The normalized spacial score (nSPS) is 22.8. The third-order valence-corrected chi connectivity index (χ3v) is 4.08.